The molecule has 9 nitrogen and oxygen atoms in total. The molecule has 0 amide bonds. The highest BCUT2D eigenvalue weighted by molar-refractivity contribution is 5.71. The number of anilines is 1. The zero-order valence-corrected chi connectivity index (χ0v) is 18.9. The number of ether oxygens (including phenoxy) is 1. The van der Waals surface area contributed by atoms with Gasteiger partial charge in [-0.1, -0.05) is 6.07 Å². The summed E-state index contributed by atoms with van der Waals surface area (Å²) in [6.07, 6.45) is 9.91. The molecule has 176 valence electrons. The number of fused-ring (bicyclic) bond motifs is 2. The predicted molar refractivity (Wildman–Crippen MR) is 123 cm³/mol. The molecule has 2 aromatic heterocycles. The van der Waals surface area contributed by atoms with E-state index in [4.69, 9.17) is 4.74 Å². The molecule has 2 bridgehead atoms. The van der Waals surface area contributed by atoms with E-state index in [9.17, 15) is 9.50 Å². The van der Waals surface area contributed by atoms with Crippen molar-refractivity contribution in [2.45, 2.75) is 62.7 Å². The number of piperidine rings is 1. The fourth-order valence-electron chi connectivity index (χ4n) is 5.31. The lowest BCUT2D eigenvalue weighted by molar-refractivity contribution is 0.343. The third-order valence-corrected chi connectivity index (χ3v) is 7.01. The lowest BCUT2D eigenvalue weighted by Crippen LogP contribution is -2.49. The number of phenolic OH excluding ortho intramolecular Hbond substituents is 1. The number of hydrogen-bond donors (Lipinski definition) is 2. The lowest BCUT2D eigenvalue weighted by atomic mass is 9.98. The molecule has 2 saturated heterocycles. The summed E-state index contributed by atoms with van der Waals surface area (Å²) in [7, 11) is 1.41. The second kappa shape index (κ2) is 8.43. The smallest absolute Gasteiger partial charge is 0.316 e. The van der Waals surface area contributed by atoms with Gasteiger partial charge in [0.25, 0.3) is 0 Å². The molecule has 2 N–H and O–H groups in total. The third-order valence-electron chi connectivity index (χ3n) is 7.01. The van der Waals surface area contributed by atoms with E-state index in [2.05, 4.69) is 35.4 Å². The molecule has 6 rings (SSSR count). The van der Waals surface area contributed by atoms with Crippen molar-refractivity contribution in [2.24, 2.45) is 0 Å². The monoisotopic (exact) mass is 463 g/mol. The second-order valence-corrected chi connectivity index (χ2v) is 9.33. The van der Waals surface area contributed by atoms with Gasteiger partial charge in [-0.3, -0.25) is 0 Å². The van der Waals surface area contributed by atoms with Gasteiger partial charge >= 0.3 is 6.01 Å². The second-order valence-electron chi connectivity index (χ2n) is 9.33. The zero-order valence-electron chi connectivity index (χ0n) is 18.9. The summed E-state index contributed by atoms with van der Waals surface area (Å²) in [6.45, 7) is 0. The van der Waals surface area contributed by atoms with Crippen molar-refractivity contribution in [1.29, 1.82) is 0 Å². The maximum atomic E-state index is 14.2. The summed E-state index contributed by atoms with van der Waals surface area (Å²) < 4.78 is 19.2. The molecule has 3 aromatic rings. The minimum Gasteiger partial charge on any atom is -0.507 e. The van der Waals surface area contributed by atoms with E-state index in [-0.39, 0.29) is 17.5 Å². The standard InChI is InChI=1S/C24H26FN7O2/c1-34-24-27-11-19(25)22(29-24)13-2-7-18(20(33)8-13)23-26-12-21(30-31-23)32(16-5-6-16)17-9-14-3-4-15(10-17)28-14/h2,7-8,11-12,14-17,28,33H,3-6,9-10H2,1H3/t14-,15+,17?. The number of aromatic hydroxyl groups is 1. The Morgan fingerprint density at radius 1 is 1.03 bits per heavy atom. The Morgan fingerprint density at radius 3 is 2.47 bits per heavy atom. The van der Waals surface area contributed by atoms with Gasteiger partial charge in [0.1, 0.15) is 11.4 Å². The van der Waals surface area contributed by atoms with Crippen molar-refractivity contribution in [1.82, 2.24) is 30.5 Å². The average molecular weight is 464 g/mol. The highest BCUT2D eigenvalue weighted by Crippen LogP contribution is 2.39. The molecule has 1 aromatic carbocycles. The number of hydrogen-bond acceptors (Lipinski definition) is 9. The highest BCUT2D eigenvalue weighted by Gasteiger charge is 2.41. The molecule has 1 saturated carbocycles. The van der Waals surface area contributed by atoms with Crippen LogP contribution in [0.15, 0.2) is 30.6 Å². The van der Waals surface area contributed by atoms with Gasteiger partial charge in [0.2, 0.25) is 0 Å². The average Bonchev–Trinajstić information content (AvgIpc) is 3.63. The Kier molecular flexibility index (Phi) is 5.24. The first kappa shape index (κ1) is 21.2. The van der Waals surface area contributed by atoms with Crippen LogP contribution in [0.5, 0.6) is 11.8 Å². The van der Waals surface area contributed by atoms with Gasteiger partial charge < -0.3 is 20.1 Å². The maximum Gasteiger partial charge on any atom is 0.316 e. The minimum absolute atomic E-state index is 0.0408. The van der Waals surface area contributed by atoms with Crippen molar-refractivity contribution in [3.8, 4) is 34.4 Å². The Hall–Kier alpha value is -3.40. The van der Waals surface area contributed by atoms with Crippen molar-refractivity contribution >= 4 is 5.82 Å². The fourth-order valence-corrected chi connectivity index (χ4v) is 5.31. The molecule has 1 unspecified atom stereocenters. The maximum absolute atomic E-state index is 14.2. The summed E-state index contributed by atoms with van der Waals surface area (Å²) in [5, 5.41) is 23.2. The van der Waals surface area contributed by atoms with Crippen molar-refractivity contribution in [3.63, 3.8) is 0 Å². The number of rotatable bonds is 6. The van der Waals surface area contributed by atoms with Crippen LogP contribution < -0.4 is 15.0 Å². The largest absolute Gasteiger partial charge is 0.507 e. The summed E-state index contributed by atoms with van der Waals surface area (Å²) >= 11 is 0. The Labute approximate surface area is 196 Å². The summed E-state index contributed by atoms with van der Waals surface area (Å²) in [5.74, 6) is 0.415. The van der Waals surface area contributed by atoms with E-state index in [0.717, 1.165) is 24.9 Å². The molecular formula is C24H26FN7O2. The van der Waals surface area contributed by atoms with E-state index in [1.54, 1.807) is 18.3 Å². The van der Waals surface area contributed by atoms with Crippen LogP contribution in [0.2, 0.25) is 0 Å². The quantitative estimate of drug-likeness (QED) is 0.570. The van der Waals surface area contributed by atoms with Crippen LogP contribution in [0.3, 0.4) is 0 Å². The summed E-state index contributed by atoms with van der Waals surface area (Å²) in [5.41, 5.74) is 0.852. The van der Waals surface area contributed by atoms with E-state index in [1.165, 1.54) is 38.9 Å². The zero-order chi connectivity index (χ0) is 23.2. The van der Waals surface area contributed by atoms with Crippen molar-refractivity contribution in [2.75, 3.05) is 12.0 Å². The number of halogens is 1. The van der Waals surface area contributed by atoms with Crippen LogP contribution in [0, 0.1) is 5.82 Å². The van der Waals surface area contributed by atoms with Gasteiger partial charge in [-0.05, 0) is 50.7 Å². The number of methoxy groups -OCH3 is 1. The molecule has 4 heterocycles. The lowest BCUT2D eigenvalue weighted by Gasteiger charge is -2.38. The fraction of sp³-hybridized carbons (Fsp3) is 0.458. The summed E-state index contributed by atoms with van der Waals surface area (Å²) in [6, 6.07) is 6.93. The van der Waals surface area contributed by atoms with Crippen molar-refractivity contribution in [3.05, 3.63) is 36.4 Å². The Balaban J connectivity index is 1.25. The SMILES string of the molecule is COc1ncc(F)c(-c2ccc(-c3ncc(N(C4CC4)C4C[C@H]5CC[C@@H](C4)N5)nn3)c(O)c2)n1. The van der Waals surface area contributed by atoms with Gasteiger partial charge in [-0.15, -0.1) is 10.2 Å². The molecule has 0 radical (unpaired) electrons. The van der Waals surface area contributed by atoms with Crippen LogP contribution in [0.4, 0.5) is 10.2 Å². The van der Waals surface area contributed by atoms with E-state index in [0.29, 0.717) is 41.1 Å². The number of benzene rings is 1. The number of phenols is 1. The molecule has 0 spiro atoms. The minimum atomic E-state index is -0.610. The molecule has 10 heteroatoms. The molecular weight excluding hydrogens is 437 g/mol. The van der Waals surface area contributed by atoms with Gasteiger partial charge in [0, 0.05) is 29.7 Å². The molecule has 2 aliphatic heterocycles. The van der Waals surface area contributed by atoms with Crippen molar-refractivity contribution < 1.29 is 14.2 Å². The molecule has 3 fully saturated rings. The molecule has 34 heavy (non-hydrogen) atoms. The van der Waals surface area contributed by atoms with Crippen LogP contribution in [0.1, 0.15) is 38.5 Å². The topological polar surface area (TPSA) is 109 Å². The highest BCUT2D eigenvalue weighted by atomic mass is 19.1. The van der Waals surface area contributed by atoms with Crippen LogP contribution in [0.25, 0.3) is 22.6 Å². The van der Waals surface area contributed by atoms with Crippen LogP contribution >= 0.6 is 0 Å². The van der Waals surface area contributed by atoms with Crippen LogP contribution in [-0.4, -0.2) is 61.5 Å². The number of nitrogens with one attached hydrogen (secondary N) is 1. The van der Waals surface area contributed by atoms with E-state index >= 15 is 0 Å². The van der Waals surface area contributed by atoms with E-state index in [1.807, 2.05) is 0 Å². The molecule has 3 aliphatic rings. The number of nitrogens with zero attached hydrogens (tertiary/aromatic N) is 6. The first-order valence-electron chi connectivity index (χ1n) is 11.7. The van der Waals surface area contributed by atoms with E-state index < -0.39 is 5.82 Å². The first-order chi connectivity index (χ1) is 16.6. The normalized spacial score (nSPS) is 23.6. The van der Waals surface area contributed by atoms with Gasteiger partial charge in [-0.2, -0.15) is 4.98 Å². The van der Waals surface area contributed by atoms with Gasteiger partial charge in [0.15, 0.2) is 17.5 Å². The number of aromatic nitrogens is 5. The molecule has 1 aliphatic carbocycles. The Bertz CT molecular complexity index is 1190. The van der Waals surface area contributed by atoms with Crippen LogP contribution in [-0.2, 0) is 0 Å². The third kappa shape index (κ3) is 3.91. The Morgan fingerprint density at radius 2 is 1.82 bits per heavy atom. The summed E-state index contributed by atoms with van der Waals surface area (Å²) in [4.78, 5) is 14.7. The van der Waals surface area contributed by atoms with Gasteiger partial charge in [-0.25, -0.2) is 14.4 Å². The molecule has 3 atom stereocenters. The predicted octanol–water partition coefficient (Wildman–Crippen LogP) is 3.10. The first-order valence-corrected chi connectivity index (χ1v) is 11.7. The van der Waals surface area contributed by atoms with Gasteiger partial charge in [0.05, 0.1) is 25.1 Å².